The van der Waals surface area contributed by atoms with Gasteiger partial charge in [-0.15, -0.1) is 24.8 Å². The fourth-order valence-corrected chi connectivity index (χ4v) is 1.67. The topological polar surface area (TPSA) is 29.9 Å². The number of hydrogen-bond acceptors (Lipinski definition) is 0. The number of rotatable bonds is 0. The van der Waals surface area contributed by atoms with E-state index in [1.165, 1.54) is 21.7 Å². The molecule has 0 aliphatic carbocycles. The molecule has 0 saturated carbocycles. The minimum Gasteiger partial charge on any atom is -0.361 e. The maximum Gasteiger partial charge on any atom is 0.175 e. The highest BCUT2D eigenvalue weighted by atomic mass is 35.5. The number of benzene rings is 1. The summed E-state index contributed by atoms with van der Waals surface area (Å²) in [5.41, 5.74) is 1.18. The molecule has 2 aromatic heterocycles. The molecule has 2 nitrogen and oxygen atoms in total. The van der Waals surface area contributed by atoms with E-state index in [1.807, 2.05) is 24.7 Å². The van der Waals surface area contributed by atoms with Crippen molar-refractivity contribution in [2.24, 2.45) is 0 Å². The van der Waals surface area contributed by atoms with Crippen molar-refractivity contribution in [2.75, 3.05) is 0 Å². The van der Waals surface area contributed by atoms with Gasteiger partial charge in [-0.1, -0.05) is 6.07 Å². The number of aromatic nitrogens is 2. The fraction of sp³-hybridized carbons (Fsp3) is 0. The van der Waals surface area contributed by atoms with Crippen molar-refractivity contribution in [1.29, 1.82) is 0 Å². The summed E-state index contributed by atoms with van der Waals surface area (Å²) in [4.78, 5) is 6.32. The third-order valence-corrected chi connectivity index (χ3v) is 2.34. The Balaban J connectivity index is 0.000000562. The molecular formula is C11H11Cl2N2+. The Bertz CT molecular complexity index is 525. The zero-order valence-electron chi connectivity index (χ0n) is 7.86. The van der Waals surface area contributed by atoms with E-state index in [1.54, 1.807) is 0 Å². The predicted molar refractivity (Wildman–Crippen MR) is 66.9 cm³/mol. The molecule has 0 amide bonds. The molecule has 0 aliphatic rings. The minimum absolute atomic E-state index is 0. The van der Waals surface area contributed by atoms with Crippen LogP contribution in [0.1, 0.15) is 0 Å². The zero-order chi connectivity index (χ0) is 8.67. The van der Waals surface area contributed by atoms with Crippen molar-refractivity contribution in [1.82, 2.24) is 4.98 Å². The molecular weight excluding hydrogens is 231 g/mol. The lowest BCUT2D eigenvalue weighted by Gasteiger charge is -1.95. The lowest BCUT2D eigenvalue weighted by molar-refractivity contribution is -0.371. The summed E-state index contributed by atoms with van der Waals surface area (Å²) in [5, 5.41) is 3.75. The van der Waals surface area contributed by atoms with Crippen LogP contribution in [-0.2, 0) is 0 Å². The van der Waals surface area contributed by atoms with Crippen LogP contribution in [0, 0.1) is 0 Å². The van der Waals surface area contributed by atoms with Gasteiger partial charge in [0.1, 0.15) is 0 Å². The van der Waals surface area contributed by atoms with Gasteiger partial charge < -0.3 is 4.98 Å². The molecule has 0 unspecified atom stereocenters. The van der Waals surface area contributed by atoms with E-state index in [2.05, 4.69) is 28.2 Å². The quantitative estimate of drug-likeness (QED) is 0.628. The Hall–Kier alpha value is -1.25. The van der Waals surface area contributed by atoms with Gasteiger partial charge in [-0.05, 0) is 23.6 Å². The Morgan fingerprint density at radius 1 is 0.933 bits per heavy atom. The fourth-order valence-electron chi connectivity index (χ4n) is 1.67. The molecule has 2 heterocycles. The van der Waals surface area contributed by atoms with Gasteiger partial charge in [0, 0.05) is 11.7 Å². The number of halogens is 2. The molecule has 15 heavy (non-hydrogen) atoms. The number of aromatic amines is 2. The summed E-state index contributed by atoms with van der Waals surface area (Å²) < 4.78 is 0. The first-order valence-corrected chi connectivity index (χ1v) is 4.30. The molecule has 0 saturated heterocycles. The van der Waals surface area contributed by atoms with Crippen LogP contribution in [0.5, 0.6) is 0 Å². The average molecular weight is 242 g/mol. The SMILES string of the molecule is Cl.Cl.c1c[nH]c2cc3c[nH+]cc3cc2c1. The second kappa shape index (κ2) is 4.51. The molecule has 3 aromatic rings. The second-order valence-electron chi connectivity index (χ2n) is 3.19. The first-order valence-electron chi connectivity index (χ1n) is 4.30. The van der Waals surface area contributed by atoms with Gasteiger partial charge in [0.15, 0.2) is 12.4 Å². The van der Waals surface area contributed by atoms with E-state index >= 15 is 0 Å². The molecule has 3 rings (SSSR count). The van der Waals surface area contributed by atoms with E-state index in [9.17, 15) is 0 Å². The first kappa shape index (κ1) is 11.8. The first-order chi connectivity index (χ1) is 6.43. The molecule has 0 atom stereocenters. The van der Waals surface area contributed by atoms with Crippen molar-refractivity contribution in [3.63, 3.8) is 0 Å². The molecule has 78 valence electrons. The van der Waals surface area contributed by atoms with E-state index < -0.39 is 0 Å². The second-order valence-corrected chi connectivity index (χ2v) is 3.19. The summed E-state index contributed by atoms with van der Waals surface area (Å²) in [6, 6.07) is 8.46. The molecule has 0 aliphatic heterocycles. The van der Waals surface area contributed by atoms with Gasteiger partial charge in [0.2, 0.25) is 0 Å². The van der Waals surface area contributed by atoms with Crippen LogP contribution in [0.15, 0.2) is 42.9 Å². The average Bonchev–Trinajstić information content (AvgIpc) is 2.61. The van der Waals surface area contributed by atoms with Gasteiger partial charge in [-0.3, -0.25) is 0 Å². The highest BCUT2D eigenvalue weighted by Gasteiger charge is 2.01. The maximum atomic E-state index is 3.22. The highest BCUT2D eigenvalue weighted by molar-refractivity contribution is 5.95. The van der Waals surface area contributed by atoms with Crippen LogP contribution < -0.4 is 4.98 Å². The molecule has 2 N–H and O–H groups in total. The van der Waals surface area contributed by atoms with Crippen molar-refractivity contribution < 1.29 is 4.98 Å². The van der Waals surface area contributed by atoms with Crippen molar-refractivity contribution in [3.8, 4) is 0 Å². The standard InChI is InChI=1S/C11H8N2.2ClH/c1-2-8-4-9-6-12-7-10(9)5-11(8)13-3-1;;/h1-7,13H;2*1H/p+1. The summed E-state index contributed by atoms with van der Waals surface area (Å²) in [7, 11) is 0. The third kappa shape index (κ3) is 1.91. The van der Waals surface area contributed by atoms with E-state index in [0.717, 1.165) is 0 Å². The summed E-state index contributed by atoms with van der Waals surface area (Å²) in [6.45, 7) is 0. The van der Waals surface area contributed by atoms with Crippen LogP contribution >= 0.6 is 24.8 Å². The molecule has 0 bridgehead atoms. The monoisotopic (exact) mass is 241 g/mol. The zero-order valence-corrected chi connectivity index (χ0v) is 9.49. The van der Waals surface area contributed by atoms with Crippen LogP contribution in [0.4, 0.5) is 0 Å². The van der Waals surface area contributed by atoms with Crippen molar-refractivity contribution in [3.05, 3.63) is 42.9 Å². The van der Waals surface area contributed by atoms with Crippen molar-refractivity contribution in [2.45, 2.75) is 0 Å². The molecule has 1 aromatic carbocycles. The number of pyridine rings is 1. The van der Waals surface area contributed by atoms with E-state index in [-0.39, 0.29) is 24.8 Å². The Morgan fingerprint density at radius 2 is 1.67 bits per heavy atom. The predicted octanol–water partition coefficient (Wildman–Crippen LogP) is 2.98. The Kier molecular flexibility index (Phi) is 3.56. The van der Waals surface area contributed by atoms with Crippen LogP contribution in [0.25, 0.3) is 21.7 Å². The number of nitrogens with one attached hydrogen (secondary N) is 2. The highest BCUT2D eigenvalue weighted by Crippen LogP contribution is 2.19. The molecule has 0 radical (unpaired) electrons. The molecule has 4 heteroatoms. The van der Waals surface area contributed by atoms with Gasteiger partial charge in [-0.2, -0.15) is 0 Å². The number of fused-ring (bicyclic) bond motifs is 2. The normalized spacial score (nSPS) is 9.60. The van der Waals surface area contributed by atoms with Crippen molar-refractivity contribution >= 4 is 46.5 Å². The molecule has 0 spiro atoms. The van der Waals surface area contributed by atoms with Crippen LogP contribution in [0.3, 0.4) is 0 Å². The Morgan fingerprint density at radius 3 is 2.47 bits per heavy atom. The summed E-state index contributed by atoms with van der Waals surface area (Å²) >= 11 is 0. The van der Waals surface area contributed by atoms with Crippen LogP contribution in [-0.4, -0.2) is 4.98 Å². The van der Waals surface area contributed by atoms with Gasteiger partial charge in [0.05, 0.1) is 10.8 Å². The minimum atomic E-state index is 0. The largest absolute Gasteiger partial charge is 0.361 e. The van der Waals surface area contributed by atoms with E-state index in [0.29, 0.717) is 0 Å². The van der Waals surface area contributed by atoms with Gasteiger partial charge in [0.25, 0.3) is 0 Å². The summed E-state index contributed by atoms with van der Waals surface area (Å²) in [6.07, 6.45) is 5.97. The lowest BCUT2D eigenvalue weighted by atomic mass is 10.1. The lowest BCUT2D eigenvalue weighted by Crippen LogP contribution is -1.87. The molecule has 0 fully saturated rings. The van der Waals surface area contributed by atoms with E-state index in [4.69, 9.17) is 0 Å². The summed E-state index contributed by atoms with van der Waals surface area (Å²) in [5.74, 6) is 0. The van der Waals surface area contributed by atoms with Crippen LogP contribution in [0.2, 0.25) is 0 Å². The Labute approximate surface area is 99.5 Å². The van der Waals surface area contributed by atoms with Gasteiger partial charge >= 0.3 is 0 Å². The third-order valence-electron chi connectivity index (χ3n) is 2.34. The maximum absolute atomic E-state index is 3.22. The number of hydrogen-bond donors (Lipinski definition) is 1. The van der Waals surface area contributed by atoms with Gasteiger partial charge in [-0.25, -0.2) is 4.98 Å². The smallest absolute Gasteiger partial charge is 0.175 e. The number of H-pyrrole nitrogens is 2.